The van der Waals surface area contributed by atoms with Crippen molar-refractivity contribution in [2.45, 2.75) is 45.1 Å². The predicted octanol–water partition coefficient (Wildman–Crippen LogP) is 4.19. The van der Waals surface area contributed by atoms with Gasteiger partial charge in [-0.05, 0) is 61.9 Å². The summed E-state index contributed by atoms with van der Waals surface area (Å²) in [7, 11) is 1.76. The van der Waals surface area contributed by atoms with E-state index in [0.717, 1.165) is 48.6 Å². The van der Waals surface area contributed by atoms with Crippen molar-refractivity contribution in [1.82, 2.24) is 4.98 Å². The zero-order valence-electron chi connectivity index (χ0n) is 13.3. The molecule has 0 spiro atoms. The van der Waals surface area contributed by atoms with Gasteiger partial charge in [-0.3, -0.25) is 9.78 Å². The smallest absolute Gasteiger partial charge is 0.165 e. The number of fused-ring (bicyclic) bond motifs is 1. The van der Waals surface area contributed by atoms with Crippen molar-refractivity contribution in [2.24, 2.45) is 5.92 Å². The number of rotatable bonds is 4. The van der Waals surface area contributed by atoms with Gasteiger partial charge >= 0.3 is 0 Å². The number of ketones is 1. The average molecular weight is 297 g/mol. The van der Waals surface area contributed by atoms with Gasteiger partial charge in [-0.1, -0.05) is 6.92 Å². The number of methoxy groups -OCH3 is 1. The quantitative estimate of drug-likeness (QED) is 0.794. The molecule has 0 bridgehead atoms. The molecule has 1 aromatic heterocycles. The van der Waals surface area contributed by atoms with Gasteiger partial charge in [-0.2, -0.15) is 0 Å². The number of pyridine rings is 1. The van der Waals surface area contributed by atoms with Crippen molar-refractivity contribution in [2.75, 3.05) is 7.11 Å². The topological polar surface area (TPSA) is 39.2 Å². The summed E-state index contributed by atoms with van der Waals surface area (Å²) in [6.45, 7) is 2.12. The Bertz CT molecular complexity index is 672. The molecule has 1 aliphatic rings. The Morgan fingerprint density at radius 1 is 1.23 bits per heavy atom. The van der Waals surface area contributed by atoms with E-state index in [-0.39, 0.29) is 11.7 Å². The Kier molecular flexibility index (Phi) is 4.53. The number of hydrogen-bond acceptors (Lipinski definition) is 3. The van der Waals surface area contributed by atoms with Gasteiger partial charge in [0.2, 0.25) is 0 Å². The van der Waals surface area contributed by atoms with Gasteiger partial charge in [0, 0.05) is 30.2 Å². The molecule has 3 rings (SSSR count). The molecular formula is C19H23NO2. The van der Waals surface area contributed by atoms with E-state index in [1.807, 2.05) is 24.4 Å². The van der Waals surface area contributed by atoms with E-state index in [1.54, 1.807) is 7.11 Å². The van der Waals surface area contributed by atoms with E-state index in [1.165, 1.54) is 5.56 Å². The lowest BCUT2D eigenvalue weighted by molar-refractivity contribution is 0.0519. The van der Waals surface area contributed by atoms with Crippen LogP contribution < -0.4 is 0 Å². The van der Waals surface area contributed by atoms with E-state index in [2.05, 4.69) is 18.0 Å². The number of ether oxygens (including phenoxy) is 1. The molecule has 2 aromatic rings. The van der Waals surface area contributed by atoms with Crippen LogP contribution in [0.5, 0.6) is 0 Å². The minimum atomic E-state index is 0.145. The lowest BCUT2D eigenvalue weighted by Gasteiger charge is -2.26. The van der Waals surface area contributed by atoms with E-state index in [9.17, 15) is 4.79 Å². The van der Waals surface area contributed by atoms with Crippen LogP contribution in [-0.4, -0.2) is 24.0 Å². The van der Waals surface area contributed by atoms with Crippen molar-refractivity contribution >= 4 is 16.7 Å². The number of nitrogens with zero attached hydrogens (tertiary/aromatic N) is 1. The minimum Gasteiger partial charge on any atom is -0.381 e. The number of carbonyl (C=O) groups excluding carboxylic acids is 1. The third-order valence-corrected chi connectivity index (χ3v) is 4.81. The van der Waals surface area contributed by atoms with Gasteiger partial charge in [-0.25, -0.2) is 0 Å². The summed E-state index contributed by atoms with van der Waals surface area (Å²) in [5, 5.41) is 1.07. The summed E-state index contributed by atoms with van der Waals surface area (Å²) >= 11 is 0. The van der Waals surface area contributed by atoms with Gasteiger partial charge in [0.05, 0.1) is 11.6 Å². The van der Waals surface area contributed by atoms with Crippen LogP contribution in [0.2, 0.25) is 0 Å². The monoisotopic (exact) mass is 297 g/mol. The molecule has 0 saturated heterocycles. The van der Waals surface area contributed by atoms with Crippen LogP contribution in [0.25, 0.3) is 10.9 Å². The summed E-state index contributed by atoms with van der Waals surface area (Å²) < 4.78 is 5.39. The highest BCUT2D eigenvalue weighted by atomic mass is 16.5. The molecule has 1 aromatic carbocycles. The Morgan fingerprint density at radius 3 is 2.68 bits per heavy atom. The maximum Gasteiger partial charge on any atom is 0.165 e. The first-order valence-corrected chi connectivity index (χ1v) is 8.17. The lowest BCUT2D eigenvalue weighted by Crippen LogP contribution is -2.25. The van der Waals surface area contributed by atoms with Gasteiger partial charge in [0.1, 0.15) is 0 Å². The molecule has 0 atom stereocenters. The predicted molar refractivity (Wildman–Crippen MR) is 88.2 cm³/mol. The fourth-order valence-corrected chi connectivity index (χ4v) is 3.32. The molecule has 0 radical (unpaired) electrons. The van der Waals surface area contributed by atoms with E-state index >= 15 is 0 Å². The zero-order chi connectivity index (χ0) is 15.5. The molecule has 0 amide bonds. The van der Waals surface area contributed by atoms with Crippen molar-refractivity contribution < 1.29 is 9.53 Å². The maximum atomic E-state index is 12.7. The van der Waals surface area contributed by atoms with Gasteiger partial charge < -0.3 is 4.74 Å². The summed E-state index contributed by atoms with van der Waals surface area (Å²) in [5.74, 6) is 0.421. The van der Waals surface area contributed by atoms with Crippen LogP contribution in [0, 0.1) is 5.92 Å². The summed E-state index contributed by atoms with van der Waals surface area (Å²) in [6, 6.07) is 8.03. The molecule has 3 nitrogen and oxygen atoms in total. The number of aryl methyl sites for hydroxylation is 1. The highest BCUT2D eigenvalue weighted by molar-refractivity contribution is 6.00. The van der Waals surface area contributed by atoms with Crippen LogP contribution in [0.1, 0.15) is 48.5 Å². The van der Waals surface area contributed by atoms with E-state index < -0.39 is 0 Å². The molecule has 1 saturated carbocycles. The summed E-state index contributed by atoms with van der Waals surface area (Å²) in [4.78, 5) is 17.2. The Morgan fingerprint density at radius 2 is 2.00 bits per heavy atom. The molecule has 22 heavy (non-hydrogen) atoms. The Hall–Kier alpha value is -1.74. The second-order valence-corrected chi connectivity index (χ2v) is 6.18. The molecule has 3 heteroatoms. The van der Waals surface area contributed by atoms with Crippen molar-refractivity contribution in [3.8, 4) is 0 Å². The van der Waals surface area contributed by atoms with Crippen molar-refractivity contribution in [3.63, 3.8) is 0 Å². The van der Waals surface area contributed by atoms with Gasteiger partial charge in [0.25, 0.3) is 0 Å². The van der Waals surface area contributed by atoms with E-state index in [0.29, 0.717) is 6.10 Å². The summed E-state index contributed by atoms with van der Waals surface area (Å²) in [6.07, 6.45) is 7.05. The number of aromatic nitrogens is 1. The summed E-state index contributed by atoms with van der Waals surface area (Å²) in [5.41, 5.74) is 2.98. The minimum absolute atomic E-state index is 0.145. The zero-order valence-corrected chi connectivity index (χ0v) is 13.3. The first kappa shape index (κ1) is 15.2. The molecular weight excluding hydrogens is 274 g/mol. The normalized spacial score (nSPS) is 21.9. The average Bonchev–Trinajstić information content (AvgIpc) is 2.60. The van der Waals surface area contributed by atoms with E-state index in [4.69, 9.17) is 4.74 Å². The fraction of sp³-hybridized carbons (Fsp3) is 0.474. The van der Waals surface area contributed by atoms with Crippen LogP contribution in [0.15, 0.2) is 30.5 Å². The molecule has 1 heterocycles. The largest absolute Gasteiger partial charge is 0.381 e. The highest BCUT2D eigenvalue weighted by Gasteiger charge is 2.26. The van der Waals surface area contributed by atoms with Crippen LogP contribution in [0.4, 0.5) is 0 Å². The molecule has 116 valence electrons. The number of hydrogen-bond donors (Lipinski definition) is 0. The second kappa shape index (κ2) is 6.57. The number of carbonyl (C=O) groups is 1. The maximum absolute atomic E-state index is 12.7. The SMILES string of the molecule is CCc1cnc2ccc(C(=O)C3CCC(OC)CC3)cc2c1. The van der Waals surface area contributed by atoms with Crippen molar-refractivity contribution in [1.29, 1.82) is 0 Å². The van der Waals surface area contributed by atoms with Crippen LogP contribution in [-0.2, 0) is 11.2 Å². The third kappa shape index (κ3) is 3.05. The Labute approximate surface area is 131 Å². The first-order valence-electron chi connectivity index (χ1n) is 8.17. The number of Topliss-reactive ketones (excluding diaryl/α,β-unsaturated/α-hetero) is 1. The third-order valence-electron chi connectivity index (χ3n) is 4.81. The highest BCUT2D eigenvalue weighted by Crippen LogP contribution is 2.29. The van der Waals surface area contributed by atoms with Gasteiger partial charge in [-0.15, -0.1) is 0 Å². The Balaban J connectivity index is 1.82. The molecule has 1 aliphatic carbocycles. The fourth-order valence-electron chi connectivity index (χ4n) is 3.32. The standard InChI is InChI=1S/C19H23NO2/c1-3-13-10-16-11-15(6-9-18(16)20-12-13)19(21)14-4-7-17(22-2)8-5-14/h6,9-12,14,17H,3-5,7-8H2,1-2H3. The van der Waals surface area contributed by atoms with Gasteiger partial charge in [0.15, 0.2) is 5.78 Å². The molecule has 1 fully saturated rings. The van der Waals surface area contributed by atoms with Crippen molar-refractivity contribution in [3.05, 3.63) is 41.6 Å². The molecule has 0 aliphatic heterocycles. The first-order chi connectivity index (χ1) is 10.7. The molecule has 0 unspecified atom stereocenters. The number of benzene rings is 1. The lowest BCUT2D eigenvalue weighted by atomic mass is 9.82. The van der Waals surface area contributed by atoms with Crippen LogP contribution in [0.3, 0.4) is 0 Å². The molecule has 0 N–H and O–H groups in total. The van der Waals surface area contributed by atoms with Crippen LogP contribution >= 0.6 is 0 Å². The second-order valence-electron chi connectivity index (χ2n) is 6.18.